The molecule has 0 saturated heterocycles. The molecular formula is C18H16FN5O4S. The zero-order chi connectivity index (χ0) is 21.3. The Balaban J connectivity index is 1.78. The lowest BCUT2D eigenvalue weighted by molar-refractivity contribution is -0.121. The Bertz CT molecular complexity index is 1160. The number of amides is 3. The molecule has 1 aromatic heterocycles. The standard InChI is InChI=1S/C18H16FN5O4S/c1-10-5-12(7-20)8-21-17(10)11(2)22-16(25)9-24-18(26)23-14-4-3-13(19)6-15(14)29(24,27)28/h3-6,8,11H,9H2,1-2H3,(H,22,25)(H,23,26)/t11-/m1/s1. The molecule has 0 unspecified atom stereocenters. The van der Waals surface area contributed by atoms with Crippen LogP contribution in [0.15, 0.2) is 35.4 Å². The number of sulfonamides is 1. The Kier molecular flexibility index (Phi) is 5.21. The van der Waals surface area contributed by atoms with Crippen molar-refractivity contribution in [3.8, 4) is 6.07 Å². The molecule has 29 heavy (non-hydrogen) atoms. The van der Waals surface area contributed by atoms with Crippen molar-refractivity contribution in [1.82, 2.24) is 14.6 Å². The molecule has 9 nitrogen and oxygen atoms in total. The summed E-state index contributed by atoms with van der Waals surface area (Å²) in [4.78, 5) is 28.3. The van der Waals surface area contributed by atoms with Gasteiger partial charge in [-0.3, -0.25) is 9.78 Å². The van der Waals surface area contributed by atoms with E-state index in [-0.39, 0.29) is 5.69 Å². The van der Waals surface area contributed by atoms with Crippen molar-refractivity contribution >= 4 is 27.6 Å². The fourth-order valence-electron chi connectivity index (χ4n) is 2.96. The van der Waals surface area contributed by atoms with Crippen LogP contribution in [0.5, 0.6) is 0 Å². The highest BCUT2D eigenvalue weighted by Crippen LogP contribution is 2.30. The van der Waals surface area contributed by atoms with Gasteiger partial charge in [-0.05, 0) is 43.7 Å². The summed E-state index contributed by atoms with van der Waals surface area (Å²) in [6.07, 6.45) is 1.36. The van der Waals surface area contributed by atoms with Gasteiger partial charge in [0.15, 0.2) is 0 Å². The maximum Gasteiger partial charge on any atom is 0.336 e. The monoisotopic (exact) mass is 417 g/mol. The van der Waals surface area contributed by atoms with Crippen molar-refractivity contribution in [3.05, 3.63) is 53.1 Å². The Morgan fingerprint density at radius 1 is 1.41 bits per heavy atom. The van der Waals surface area contributed by atoms with E-state index in [4.69, 9.17) is 5.26 Å². The fraction of sp³-hybridized carbons (Fsp3) is 0.222. The van der Waals surface area contributed by atoms with E-state index in [0.29, 0.717) is 21.1 Å². The number of benzene rings is 1. The van der Waals surface area contributed by atoms with E-state index in [9.17, 15) is 22.4 Å². The molecule has 1 aromatic carbocycles. The summed E-state index contributed by atoms with van der Waals surface area (Å²) in [5.74, 6) is -1.54. The number of nitrogens with one attached hydrogen (secondary N) is 2. The minimum absolute atomic E-state index is 0.0566. The lowest BCUT2D eigenvalue weighted by Crippen LogP contribution is -2.49. The zero-order valence-electron chi connectivity index (χ0n) is 15.4. The van der Waals surface area contributed by atoms with Gasteiger partial charge in [-0.15, -0.1) is 0 Å². The molecule has 0 saturated carbocycles. The summed E-state index contributed by atoms with van der Waals surface area (Å²) >= 11 is 0. The number of hydrogen-bond acceptors (Lipinski definition) is 6. The van der Waals surface area contributed by atoms with Crippen LogP contribution in [0, 0.1) is 24.1 Å². The predicted octanol–water partition coefficient (Wildman–Crippen LogP) is 1.81. The first-order valence-electron chi connectivity index (χ1n) is 8.42. The van der Waals surface area contributed by atoms with Gasteiger partial charge in [0.2, 0.25) is 5.91 Å². The van der Waals surface area contributed by atoms with Crippen LogP contribution < -0.4 is 10.6 Å². The third-order valence-corrected chi connectivity index (χ3v) is 6.07. The number of hydrogen-bond donors (Lipinski definition) is 2. The highest BCUT2D eigenvalue weighted by Gasteiger charge is 2.38. The first-order chi connectivity index (χ1) is 13.6. The Morgan fingerprint density at radius 3 is 2.79 bits per heavy atom. The van der Waals surface area contributed by atoms with Crippen molar-refractivity contribution in [3.63, 3.8) is 0 Å². The maximum absolute atomic E-state index is 13.5. The van der Waals surface area contributed by atoms with Gasteiger partial charge in [0.1, 0.15) is 23.3 Å². The van der Waals surface area contributed by atoms with E-state index >= 15 is 0 Å². The number of halogens is 1. The van der Waals surface area contributed by atoms with E-state index in [2.05, 4.69) is 15.6 Å². The molecule has 2 aromatic rings. The Morgan fingerprint density at radius 2 is 2.14 bits per heavy atom. The number of rotatable bonds is 4. The van der Waals surface area contributed by atoms with Crippen LogP contribution >= 0.6 is 0 Å². The number of carbonyl (C=O) groups excluding carboxylic acids is 2. The molecule has 0 spiro atoms. The Hall–Kier alpha value is -3.52. The maximum atomic E-state index is 13.5. The van der Waals surface area contributed by atoms with Crippen LogP contribution in [0.4, 0.5) is 14.9 Å². The average molecular weight is 417 g/mol. The molecule has 2 heterocycles. The zero-order valence-corrected chi connectivity index (χ0v) is 16.2. The number of carbonyl (C=O) groups is 2. The van der Waals surface area contributed by atoms with E-state index < -0.39 is 45.3 Å². The van der Waals surface area contributed by atoms with Gasteiger partial charge in [0.25, 0.3) is 10.0 Å². The minimum atomic E-state index is -4.40. The van der Waals surface area contributed by atoms with Gasteiger partial charge in [-0.2, -0.15) is 5.26 Å². The molecule has 2 N–H and O–H groups in total. The Labute approximate surface area is 166 Å². The number of aromatic nitrogens is 1. The van der Waals surface area contributed by atoms with Crippen molar-refractivity contribution in [2.75, 3.05) is 11.9 Å². The quantitative estimate of drug-likeness (QED) is 0.780. The third-order valence-electron chi connectivity index (χ3n) is 4.30. The minimum Gasteiger partial charge on any atom is -0.346 e. The first-order valence-corrected chi connectivity index (χ1v) is 9.86. The summed E-state index contributed by atoms with van der Waals surface area (Å²) in [6.45, 7) is 2.57. The van der Waals surface area contributed by atoms with Crippen LogP contribution in [0.2, 0.25) is 0 Å². The van der Waals surface area contributed by atoms with E-state index in [0.717, 1.165) is 18.2 Å². The SMILES string of the molecule is Cc1cc(C#N)cnc1[C@@H](C)NC(=O)CN1C(=O)Nc2ccc(F)cc2S1(=O)=O. The summed E-state index contributed by atoms with van der Waals surface area (Å²) in [5.41, 5.74) is 1.48. The summed E-state index contributed by atoms with van der Waals surface area (Å²) < 4.78 is 39.1. The molecular weight excluding hydrogens is 401 g/mol. The first kappa shape index (κ1) is 20.2. The van der Waals surface area contributed by atoms with Gasteiger partial charge >= 0.3 is 6.03 Å². The molecule has 11 heteroatoms. The second-order valence-electron chi connectivity index (χ2n) is 6.41. The fourth-order valence-corrected chi connectivity index (χ4v) is 4.41. The van der Waals surface area contributed by atoms with E-state index in [1.807, 2.05) is 6.07 Å². The smallest absolute Gasteiger partial charge is 0.336 e. The average Bonchev–Trinajstić information content (AvgIpc) is 2.65. The second kappa shape index (κ2) is 7.48. The number of urea groups is 1. The molecule has 150 valence electrons. The molecule has 0 fully saturated rings. The summed E-state index contributed by atoms with van der Waals surface area (Å²) in [6, 6.07) is 4.89. The van der Waals surface area contributed by atoms with Crippen molar-refractivity contribution < 1.29 is 22.4 Å². The third kappa shape index (κ3) is 3.88. The highest BCUT2D eigenvalue weighted by atomic mass is 32.2. The van der Waals surface area contributed by atoms with Gasteiger partial charge in [-0.25, -0.2) is 21.9 Å². The second-order valence-corrected chi connectivity index (χ2v) is 8.24. The molecule has 0 bridgehead atoms. The summed E-state index contributed by atoms with van der Waals surface area (Å²) in [7, 11) is -4.40. The van der Waals surface area contributed by atoms with Crippen LogP contribution in [-0.2, 0) is 14.8 Å². The van der Waals surface area contributed by atoms with Crippen LogP contribution in [0.25, 0.3) is 0 Å². The number of aryl methyl sites for hydroxylation is 1. The van der Waals surface area contributed by atoms with Crippen LogP contribution in [-0.4, -0.2) is 36.2 Å². The van der Waals surface area contributed by atoms with Gasteiger partial charge < -0.3 is 10.6 Å². The molecule has 0 aliphatic carbocycles. The van der Waals surface area contributed by atoms with Crippen LogP contribution in [0.1, 0.15) is 29.8 Å². The van der Waals surface area contributed by atoms with Crippen molar-refractivity contribution in [2.45, 2.75) is 24.8 Å². The molecule has 1 aliphatic rings. The summed E-state index contributed by atoms with van der Waals surface area (Å²) in [5, 5.41) is 13.8. The number of nitrogens with zero attached hydrogens (tertiary/aromatic N) is 3. The number of pyridine rings is 1. The van der Waals surface area contributed by atoms with E-state index in [1.165, 1.54) is 6.20 Å². The van der Waals surface area contributed by atoms with Crippen LogP contribution in [0.3, 0.4) is 0 Å². The largest absolute Gasteiger partial charge is 0.346 e. The lowest BCUT2D eigenvalue weighted by atomic mass is 10.1. The van der Waals surface area contributed by atoms with E-state index in [1.54, 1.807) is 19.9 Å². The van der Waals surface area contributed by atoms with Crippen molar-refractivity contribution in [1.29, 1.82) is 5.26 Å². The van der Waals surface area contributed by atoms with Gasteiger partial charge in [-0.1, -0.05) is 0 Å². The molecule has 1 aliphatic heterocycles. The normalized spacial score (nSPS) is 15.7. The molecule has 3 amide bonds. The number of anilines is 1. The molecule has 1 atom stereocenters. The molecule has 0 radical (unpaired) electrons. The van der Waals surface area contributed by atoms with Gasteiger partial charge in [0, 0.05) is 6.20 Å². The molecule has 3 rings (SSSR count). The lowest BCUT2D eigenvalue weighted by Gasteiger charge is -2.28. The number of fused-ring (bicyclic) bond motifs is 1. The highest BCUT2D eigenvalue weighted by molar-refractivity contribution is 7.90. The number of nitriles is 1. The van der Waals surface area contributed by atoms with Crippen molar-refractivity contribution in [2.24, 2.45) is 0 Å². The predicted molar refractivity (Wildman–Crippen MR) is 99.6 cm³/mol. The van der Waals surface area contributed by atoms with Gasteiger partial charge in [0.05, 0.1) is 23.0 Å². The topological polar surface area (TPSA) is 132 Å².